The first kappa shape index (κ1) is 14.4. The molecule has 2 rings (SSSR count). The summed E-state index contributed by atoms with van der Waals surface area (Å²) in [6, 6.07) is 6.26. The largest absolute Gasteiger partial charge is 0.472 e. The third-order valence-electron chi connectivity index (χ3n) is 2.56. The lowest BCUT2D eigenvalue weighted by molar-refractivity contribution is 0.563. The van der Waals surface area contributed by atoms with Gasteiger partial charge in [-0.15, -0.1) is 11.3 Å². The van der Waals surface area contributed by atoms with Crippen LogP contribution in [-0.2, 0) is 13.0 Å². The Morgan fingerprint density at radius 1 is 1.37 bits per heavy atom. The fourth-order valence-electron chi connectivity index (χ4n) is 1.59. The fourth-order valence-corrected chi connectivity index (χ4v) is 3.34. The summed E-state index contributed by atoms with van der Waals surface area (Å²) in [6.45, 7) is 1.59. The number of rotatable bonds is 5. The highest BCUT2D eigenvalue weighted by molar-refractivity contribution is 14.1. The molecule has 0 unspecified atom stereocenters. The molecule has 2 aromatic heterocycles. The van der Waals surface area contributed by atoms with Crippen LogP contribution in [0.2, 0.25) is 0 Å². The smallest absolute Gasteiger partial charge is 0.191 e. The highest BCUT2D eigenvalue weighted by atomic mass is 127. The summed E-state index contributed by atoms with van der Waals surface area (Å²) in [4.78, 5) is 5.58. The number of hydrogen-bond acceptors (Lipinski definition) is 3. The Morgan fingerprint density at radius 3 is 2.89 bits per heavy atom. The van der Waals surface area contributed by atoms with E-state index in [2.05, 4.69) is 50.3 Å². The van der Waals surface area contributed by atoms with Crippen molar-refractivity contribution in [2.45, 2.75) is 13.0 Å². The first-order valence-electron chi connectivity index (χ1n) is 5.98. The molecule has 0 radical (unpaired) electrons. The van der Waals surface area contributed by atoms with Gasteiger partial charge in [0, 0.05) is 30.6 Å². The molecular weight excluding hydrogens is 373 g/mol. The van der Waals surface area contributed by atoms with Crippen molar-refractivity contribution >= 4 is 39.9 Å². The average Bonchev–Trinajstić information content (AvgIpc) is 3.05. The van der Waals surface area contributed by atoms with E-state index in [9.17, 15) is 0 Å². The molecule has 19 heavy (non-hydrogen) atoms. The number of halogens is 1. The topological polar surface area (TPSA) is 49.6 Å². The maximum atomic E-state index is 5.02. The van der Waals surface area contributed by atoms with E-state index in [1.165, 1.54) is 7.76 Å². The molecule has 0 saturated carbocycles. The van der Waals surface area contributed by atoms with Crippen LogP contribution in [0.1, 0.15) is 10.4 Å². The SMILES string of the molecule is CN=C(NCCc1ccc(I)s1)NCc1ccoc1. The minimum Gasteiger partial charge on any atom is -0.472 e. The molecule has 102 valence electrons. The van der Waals surface area contributed by atoms with Gasteiger partial charge in [-0.3, -0.25) is 4.99 Å². The van der Waals surface area contributed by atoms with E-state index < -0.39 is 0 Å². The number of furan rings is 1. The quantitative estimate of drug-likeness (QED) is 0.470. The normalized spacial score (nSPS) is 11.6. The second-order valence-corrected chi connectivity index (χ2v) is 7.00. The van der Waals surface area contributed by atoms with Crippen LogP contribution in [-0.4, -0.2) is 19.6 Å². The second kappa shape index (κ2) is 7.54. The first-order valence-corrected chi connectivity index (χ1v) is 7.87. The second-order valence-electron chi connectivity index (χ2n) is 3.94. The van der Waals surface area contributed by atoms with Gasteiger partial charge in [0.2, 0.25) is 0 Å². The highest BCUT2D eigenvalue weighted by Crippen LogP contribution is 2.18. The van der Waals surface area contributed by atoms with Gasteiger partial charge in [-0.25, -0.2) is 0 Å². The molecule has 6 heteroatoms. The summed E-state index contributed by atoms with van der Waals surface area (Å²) in [6.07, 6.45) is 4.42. The number of hydrogen-bond donors (Lipinski definition) is 2. The van der Waals surface area contributed by atoms with Gasteiger partial charge in [0.25, 0.3) is 0 Å². The maximum Gasteiger partial charge on any atom is 0.191 e. The molecule has 2 aromatic rings. The van der Waals surface area contributed by atoms with E-state index >= 15 is 0 Å². The van der Waals surface area contributed by atoms with Gasteiger partial charge < -0.3 is 15.1 Å². The van der Waals surface area contributed by atoms with E-state index in [4.69, 9.17) is 4.42 Å². The molecule has 0 aliphatic heterocycles. The van der Waals surface area contributed by atoms with E-state index in [0.29, 0.717) is 6.54 Å². The molecule has 0 atom stereocenters. The van der Waals surface area contributed by atoms with Gasteiger partial charge >= 0.3 is 0 Å². The molecule has 0 spiro atoms. The molecule has 0 amide bonds. The van der Waals surface area contributed by atoms with E-state index in [1.54, 1.807) is 19.6 Å². The minimum atomic E-state index is 0.715. The predicted octanol–water partition coefficient (Wildman–Crippen LogP) is 2.85. The monoisotopic (exact) mass is 389 g/mol. The van der Waals surface area contributed by atoms with Gasteiger partial charge in [-0.05, 0) is 47.2 Å². The Morgan fingerprint density at radius 2 is 2.26 bits per heavy atom. The molecule has 0 aliphatic rings. The summed E-state index contributed by atoms with van der Waals surface area (Å²) >= 11 is 4.18. The third-order valence-corrected chi connectivity index (χ3v) is 4.51. The number of aliphatic imine (C=N–C) groups is 1. The van der Waals surface area contributed by atoms with Crippen molar-refractivity contribution in [1.29, 1.82) is 0 Å². The van der Waals surface area contributed by atoms with Crippen molar-refractivity contribution in [2.75, 3.05) is 13.6 Å². The lowest BCUT2D eigenvalue weighted by Gasteiger charge is -2.10. The molecule has 0 aromatic carbocycles. The number of guanidine groups is 1. The first-order chi connectivity index (χ1) is 9.28. The summed E-state index contributed by atoms with van der Waals surface area (Å²) in [5.41, 5.74) is 1.11. The zero-order valence-corrected chi connectivity index (χ0v) is 13.6. The van der Waals surface area contributed by atoms with Gasteiger partial charge in [0.15, 0.2) is 5.96 Å². The summed E-state index contributed by atoms with van der Waals surface area (Å²) in [5, 5.41) is 6.55. The van der Waals surface area contributed by atoms with Crippen LogP contribution in [0.3, 0.4) is 0 Å². The van der Waals surface area contributed by atoms with E-state index in [1.807, 2.05) is 17.4 Å². The zero-order chi connectivity index (χ0) is 13.5. The molecular formula is C13H16IN3OS. The highest BCUT2D eigenvalue weighted by Gasteiger charge is 2.01. The predicted molar refractivity (Wildman–Crippen MR) is 87.6 cm³/mol. The third kappa shape index (κ3) is 4.87. The number of nitrogens with zero attached hydrogens (tertiary/aromatic N) is 1. The van der Waals surface area contributed by atoms with Crippen LogP contribution in [0, 0.1) is 2.88 Å². The molecule has 2 heterocycles. The lowest BCUT2D eigenvalue weighted by Crippen LogP contribution is -2.37. The standard InChI is InChI=1S/C13H16IN3OS/c1-15-13(17-8-10-5-7-18-9-10)16-6-4-11-2-3-12(14)19-11/h2-3,5,7,9H,4,6,8H2,1H3,(H2,15,16,17). The van der Waals surface area contributed by atoms with E-state index in [-0.39, 0.29) is 0 Å². The molecule has 0 bridgehead atoms. The molecule has 4 nitrogen and oxygen atoms in total. The van der Waals surface area contributed by atoms with Crippen LogP contribution in [0.4, 0.5) is 0 Å². The van der Waals surface area contributed by atoms with Crippen molar-refractivity contribution in [3.8, 4) is 0 Å². The van der Waals surface area contributed by atoms with Crippen LogP contribution in [0.25, 0.3) is 0 Å². The van der Waals surface area contributed by atoms with Gasteiger partial charge in [-0.2, -0.15) is 0 Å². The van der Waals surface area contributed by atoms with Crippen LogP contribution < -0.4 is 10.6 Å². The Labute approximate surface area is 130 Å². The molecule has 2 N–H and O–H groups in total. The number of nitrogens with one attached hydrogen (secondary N) is 2. The van der Waals surface area contributed by atoms with Crippen molar-refractivity contribution in [3.05, 3.63) is 44.0 Å². The lowest BCUT2D eigenvalue weighted by atomic mass is 10.3. The van der Waals surface area contributed by atoms with E-state index in [0.717, 1.165) is 24.5 Å². The summed E-state index contributed by atoms with van der Waals surface area (Å²) in [5.74, 6) is 0.812. The maximum absolute atomic E-state index is 5.02. The minimum absolute atomic E-state index is 0.715. The Balaban J connectivity index is 1.71. The molecule has 0 aliphatic carbocycles. The van der Waals surface area contributed by atoms with Crippen molar-refractivity contribution < 1.29 is 4.42 Å². The van der Waals surface area contributed by atoms with Crippen LogP contribution in [0.15, 0.2) is 40.1 Å². The Kier molecular flexibility index (Phi) is 5.71. The van der Waals surface area contributed by atoms with Crippen LogP contribution >= 0.6 is 33.9 Å². The average molecular weight is 389 g/mol. The zero-order valence-electron chi connectivity index (χ0n) is 10.6. The summed E-state index contributed by atoms with van der Waals surface area (Å²) < 4.78 is 6.35. The molecule has 0 saturated heterocycles. The van der Waals surface area contributed by atoms with Crippen molar-refractivity contribution in [2.24, 2.45) is 4.99 Å². The Hall–Kier alpha value is -1.02. The van der Waals surface area contributed by atoms with Gasteiger partial charge in [0.1, 0.15) is 0 Å². The van der Waals surface area contributed by atoms with Gasteiger partial charge in [-0.1, -0.05) is 0 Å². The van der Waals surface area contributed by atoms with Crippen LogP contribution in [0.5, 0.6) is 0 Å². The van der Waals surface area contributed by atoms with Crippen molar-refractivity contribution in [3.63, 3.8) is 0 Å². The van der Waals surface area contributed by atoms with Crippen molar-refractivity contribution in [1.82, 2.24) is 10.6 Å². The fraction of sp³-hybridized carbons (Fsp3) is 0.308. The van der Waals surface area contributed by atoms with Gasteiger partial charge in [0.05, 0.1) is 15.4 Å². The molecule has 0 fully saturated rings. The summed E-state index contributed by atoms with van der Waals surface area (Å²) in [7, 11) is 1.78. The Bertz CT molecular complexity index is 522. The number of thiophene rings is 1.